The van der Waals surface area contributed by atoms with Gasteiger partial charge in [-0.25, -0.2) is 0 Å². The summed E-state index contributed by atoms with van der Waals surface area (Å²) in [5.41, 5.74) is 1.26. The first-order valence-electron chi connectivity index (χ1n) is 7.98. The molecule has 1 saturated heterocycles. The van der Waals surface area contributed by atoms with E-state index in [9.17, 15) is 5.11 Å². The molecule has 2 rings (SSSR count). The second-order valence-corrected chi connectivity index (χ2v) is 6.28. The van der Waals surface area contributed by atoms with Crippen LogP contribution in [0.15, 0.2) is 11.6 Å². The molecule has 1 fully saturated rings. The van der Waals surface area contributed by atoms with E-state index in [0.717, 1.165) is 32.3 Å². The third kappa shape index (κ3) is 5.04. The van der Waals surface area contributed by atoms with E-state index in [-0.39, 0.29) is 12.2 Å². The summed E-state index contributed by atoms with van der Waals surface area (Å²) in [6.07, 6.45) is 6.80. The van der Waals surface area contributed by atoms with Crippen molar-refractivity contribution in [3.63, 3.8) is 0 Å². The molecule has 4 atom stereocenters. The Morgan fingerprint density at radius 3 is 2.95 bits per heavy atom. The van der Waals surface area contributed by atoms with Gasteiger partial charge in [0.05, 0.1) is 13.7 Å². The van der Waals surface area contributed by atoms with Crippen LogP contribution in [0.1, 0.15) is 39.0 Å². The van der Waals surface area contributed by atoms with Crippen molar-refractivity contribution in [1.82, 2.24) is 5.06 Å². The number of hydrogen-bond donors (Lipinski definition) is 1. The van der Waals surface area contributed by atoms with Gasteiger partial charge in [-0.1, -0.05) is 13.0 Å². The molecule has 0 aromatic heterocycles. The van der Waals surface area contributed by atoms with Crippen LogP contribution in [0.3, 0.4) is 0 Å². The molecule has 4 unspecified atom stereocenters. The first kappa shape index (κ1) is 16.9. The standard InChI is InChI=1S/C16H29NO4/c1-12-8-13(11-21-15-6-4-5-7-20-15)10-14(9-12)16(18)17(2)19-3/h10,12,14-16,18H,4-9,11H2,1-3H3. The van der Waals surface area contributed by atoms with Crippen LogP contribution in [0.2, 0.25) is 0 Å². The summed E-state index contributed by atoms with van der Waals surface area (Å²) >= 11 is 0. The number of ether oxygens (including phenoxy) is 2. The van der Waals surface area contributed by atoms with Crippen molar-refractivity contribution in [2.75, 3.05) is 27.4 Å². The van der Waals surface area contributed by atoms with Gasteiger partial charge in [0, 0.05) is 19.6 Å². The van der Waals surface area contributed by atoms with Crippen LogP contribution < -0.4 is 0 Å². The number of hydrogen-bond acceptors (Lipinski definition) is 5. The molecule has 0 amide bonds. The topological polar surface area (TPSA) is 51.2 Å². The van der Waals surface area contributed by atoms with Gasteiger partial charge in [-0.2, -0.15) is 5.06 Å². The van der Waals surface area contributed by atoms with Crippen molar-refractivity contribution < 1.29 is 19.4 Å². The van der Waals surface area contributed by atoms with Crippen LogP contribution in [0.25, 0.3) is 0 Å². The predicted octanol–water partition coefficient (Wildman–Crippen LogP) is 2.31. The zero-order valence-corrected chi connectivity index (χ0v) is 13.5. The summed E-state index contributed by atoms with van der Waals surface area (Å²) < 4.78 is 11.5. The largest absolute Gasteiger partial charge is 0.376 e. The maximum atomic E-state index is 10.3. The van der Waals surface area contributed by atoms with Crippen molar-refractivity contribution in [3.05, 3.63) is 11.6 Å². The minimum atomic E-state index is -0.612. The summed E-state index contributed by atoms with van der Waals surface area (Å²) in [6.45, 7) is 3.63. The second kappa shape index (κ2) is 8.25. The summed E-state index contributed by atoms with van der Waals surface area (Å²) in [5.74, 6) is 0.635. The number of nitrogens with zero attached hydrogens (tertiary/aromatic N) is 1. The summed E-state index contributed by atoms with van der Waals surface area (Å²) in [7, 11) is 3.33. The second-order valence-electron chi connectivity index (χ2n) is 6.28. The Balaban J connectivity index is 1.89. The smallest absolute Gasteiger partial charge is 0.158 e. The molecule has 0 aromatic rings. The lowest BCUT2D eigenvalue weighted by molar-refractivity contribution is -0.217. The molecule has 21 heavy (non-hydrogen) atoms. The van der Waals surface area contributed by atoms with E-state index < -0.39 is 6.23 Å². The van der Waals surface area contributed by atoms with Crippen molar-refractivity contribution >= 4 is 0 Å². The molecule has 1 N–H and O–H groups in total. The van der Waals surface area contributed by atoms with Gasteiger partial charge >= 0.3 is 0 Å². The van der Waals surface area contributed by atoms with Gasteiger partial charge < -0.3 is 19.4 Å². The first-order valence-corrected chi connectivity index (χ1v) is 7.98. The lowest BCUT2D eigenvalue weighted by Crippen LogP contribution is -2.38. The average Bonchev–Trinajstić information content (AvgIpc) is 2.52. The Bertz CT molecular complexity index is 341. The monoisotopic (exact) mass is 299 g/mol. The Kier molecular flexibility index (Phi) is 6.64. The minimum Gasteiger partial charge on any atom is -0.376 e. The number of rotatable bonds is 6. The lowest BCUT2D eigenvalue weighted by Gasteiger charge is -2.33. The number of aliphatic hydroxyl groups excluding tert-OH is 1. The average molecular weight is 299 g/mol. The van der Waals surface area contributed by atoms with Crippen LogP contribution >= 0.6 is 0 Å². The molecule has 0 saturated carbocycles. The fraction of sp³-hybridized carbons (Fsp3) is 0.875. The van der Waals surface area contributed by atoms with Gasteiger partial charge in [0.1, 0.15) is 6.23 Å². The van der Waals surface area contributed by atoms with Gasteiger partial charge in [0.2, 0.25) is 0 Å². The Morgan fingerprint density at radius 2 is 2.29 bits per heavy atom. The fourth-order valence-corrected chi connectivity index (χ4v) is 3.17. The van der Waals surface area contributed by atoms with Gasteiger partial charge in [-0.15, -0.1) is 0 Å². The van der Waals surface area contributed by atoms with Crippen LogP contribution in [-0.2, 0) is 14.3 Å². The summed E-state index contributed by atoms with van der Waals surface area (Å²) in [4.78, 5) is 5.09. The first-order chi connectivity index (χ1) is 10.1. The summed E-state index contributed by atoms with van der Waals surface area (Å²) in [5, 5.41) is 11.8. The quantitative estimate of drug-likeness (QED) is 0.463. The molecule has 1 aliphatic heterocycles. The van der Waals surface area contributed by atoms with Crippen molar-refractivity contribution in [1.29, 1.82) is 0 Å². The van der Waals surface area contributed by atoms with E-state index in [1.165, 1.54) is 17.1 Å². The molecular formula is C16H29NO4. The van der Waals surface area contributed by atoms with Gasteiger partial charge in [-0.05, 0) is 43.6 Å². The molecule has 2 aliphatic rings. The highest BCUT2D eigenvalue weighted by molar-refractivity contribution is 5.11. The van der Waals surface area contributed by atoms with Crippen LogP contribution in [0.4, 0.5) is 0 Å². The highest BCUT2D eigenvalue weighted by Crippen LogP contribution is 2.31. The summed E-state index contributed by atoms with van der Waals surface area (Å²) in [6, 6.07) is 0. The number of hydroxylamine groups is 2. The van der Waals surface area contributed by atoms with Crippen LogP contribution in [0.5, 0.6) is 0 Å². The van der Waals surface area contributed by atoms with Gasteiger partial charge in [0.25, 0.3) is 0 Å². The molecule has 5 nitrogen and oxygen atoms in total. The Labute approximate surface area is 127 Å². The third-order valence-corrected chi connectivity index (χ3v) is 4.37. The van der Waals surface area contributed by atoms with Crippen LogP contribution in [-0.4, -0.2) is 50.1 Å². The maximum absolute atomic E-state index is 10.3. The van der Waals surface area contributed by atoms with Crippen LogP contribution in [0, 0.1) is 11.8 Å². The van der Waals surface area contributed by atoms with E-state index in [4.69, 9.17) is 14.3 Å². The third-order valence-electron chi connectivity index (χ3n) is 4.37. The van der Waals surface area contributed by atoms with Gasteiger partial charge in [0.15, 0.2) is 6.29 Å². The molecule has 1 heterocycles. The molecule has 122 valence electrons. The minimum absolute atomic E-state index is 0.0538. The highest BCUT2D eigenvalue weighted by atomic mass is 16.7. The van der Waals surface area contributed by atoms with Crippen molar-refractivity contribution in [2.24, 2.45) is 11.8 Å². The van der Waals surface area contributed by atoms with Crippen molar-refractivity contribution in [2.45, 2.75) is 51.5 Å². The van der Waals surface area contributed by atoms with Crippen molar-refractivity contribution in [3.8, 4) is 0 Å². The molecule has 0 bridgehead atoms. The zero-order chi connectivity index (χ0) is 15.2. The van der Waals surface area contributed by atoms with E-state index in [1.54, 1.807) is 14.2 Å². The van der Waals surface area contributed by atoms with E-state index in [1.807, 2.05) is 0 Å². The molecule has 0 radical (unpaired) electrons. The maximum Gasteiger partial charge on any atom is 0.158 e. The molecule has 5 heteroatoms. The number of aliphatic hydroxyl groups is 1. The fourth-order valence-electron chi connectivity index (χ4n) is 3.17. The molecule has 1 aliphatic carbocycles. The highest BCUT2D eigenvalue weighted by Gasteiger charge is 2.28. The van der Waals surface area contributed by atoms with E-state index in [2.05, 4.69) is 13.0 Å². The molecule has 0 spiro atoms. The van der Waals surface area contributed by atoms with E-state index in [0.29, 0.717) is 12.5 Å². The molecular weight excluding hydrogens is 270 g/mol. The SMILES string of the molecule is CON(C)C(O)C1C=C(COC2CCCCO2)CC(C)C1. The Hall–Kier alpha value is -0.460. The molecule has 0 aromatic carbocycles. The van der Waals surface area contributed by atoms with Gasteiger partial charge in [-0.3, -0.25) is 0 Å². The zero-order valence-electron chi connectivity index (χ0n) is 13.5. The Morgan fingerprint density at radius 1 is 1.48 bits per heavy atom. The lowest BCUT2D eigenvalue weighted by atomic mass is 9.82. The predicted molar refractivity (Wildman–Crippen MR) is 80.3 cm³/mol. The normalized spacial score (nSPS) is 32.0. The van der Waals surface area contributed by atoms with E-state index >= 15 is 0 Å².